The Morgan fingerprint density at radius 1 is 1.00 bits per heavy atom. The standard InChI is InChI=1S/C11H26O3S2Si2/c1-5-9-10-11-17(15,16)18(12-6-2,13-7-3)14-8-4/h5,15-16H,1,6-11H2,2-4H3. The summed E-state index contributed by atoms with van der Waals surface area (Å²) >= 11 is 9.60. The third kappa shape index (κ3) is 5.40. The van der Waals surface area contributed by atoms with Crippen molar-refractivity contribution in [1.82, 2.24) is 0 Å². The molecule has 108 valence electrons. The second kappa shape index (κ2) is 9.63. The maximum Gasteiger partial charge on any atom is 0.495 e. The number of unbranched alkanes of at least 4 members (excludes halogenated alkanes) is 1. The molecule has 0 saturated carbocycles. The van der Waals surface area contributed by atoms with Crippen molar-refractivity contribution in [3.05, 3.63) is 12.7 Å². The van der Waals surface area contributed by atoms with Gasteiger partial charge in [0.25, 0.3) is 5.89 Å². The average molecular weight is 327 g/mol. The molecule has 0 radical (unpaired) electrons. The Hall–Kier alpha value is 0.754. The zero-order chi connectivity index (χ0) is 14.1. The van der Waals surface area contributed by atoms with E-state index in [2.05, 4.69) is 6.58 Å². The summed E-state index contributed by atoms with van der Waals surface area (Å²) in [5.74, 6) is -2.27. The highest BCUT2D eigenvalue weighted by Gasteiger charge is 2.59. The third-order valence-electron chi connectivity index (χ3n) is 2.43. The zero-order valence-electron chi connectivity index (χ0n) is 11.6. The Morgan fingerprint density at radius 2 is 1.44 bits per heavy atom. The van der Waals surface area contributed by atoms with Crippen LogP contribution in [0.3, 0.4) is 0 Å². The fourth-order valence-corrected chi connectivity index (χ4v) is 14.0. The summed E-state index contributed by atoms with van der Waals surface area (Å²) in [4.78, 5) is 0. The largest absolute Gasteiger partial charge is 0.495 e. The van der Waals surface area contributed by atoms with Crippen LogP contribution in [0.1, 0.15) is 33.6 Å². The first-order valence-electron chi connectivity index (χ1n) is 6.47. The van der Waals surface area contributed by atoms with Gasteiger partial charge in [0.05, 0.1) is 0 Å². The van der Waals surface area contributed by atoms with Gasteiger partial charge >= 0.3 is 8.32 Å². The first-order chi connectivity index (χ1) is 8.49. The van der Waals surface area contributed by atoms with Crippen molar-refractivity contribution >= 4 is 38.4 Å². The fourth-order valence-electron chi connectivity index (χ4n) is 1.69. The van der Waals surface area contributed by atoms with Crippen LogP contribution >= 0.6 is 24.2 Å². The van der Waals surface area contributed by atoms with Gasteiger partial charge in [0, 0.05) is 19.8 Å². The molecule has 0 rings (SSSR count). The lowest BCUT2D eigenvalue weighted by molar-refractivity contribution is 0.0920. The van der Waals surface area contributed by atoms with E-state index in [1.54, 1.807) is 0 Å². The van der Waals surface area contributed by atoms with Crippen LogP contribution in [0.5, 0.6) is 0 Å². The molecular weight excluding hydrogens is 300 g/mol. The minimum atomic E-state index is -2.74. The van der Waals surface area contributed by atoms with E-state index in [4.69, 9.17) is 37.4 Å². The normalized spacial score (nSPS) is 12.7. The van der Waals surface area contributed by atoms with E-state index in [0.29, 0.717) is 19.8 Å². The highest BCUT2D eigenvalue weighted by atomic mass is 32.5. The number of thiol groups is 2. The van der Waals surface area contributed by atoms with Crippen LogP contribution in [0.4, 0.5) is 0 Å². The molecule has 0 bridgehead atoms. The molecule has 0 fully saturated rings. The summed E-state index contributed by atoms with van der Waals surface area (Å²) in [5.41, 5.74) is 0. The number of allylic oxidation sites excluding steroid dienone is 1. The molecule has 7 heteroatoms. The maximum absolute atomic E-state index is 5.88. The summed E-state index contributed by atoms with van der Waals surface area (Å²) in [6, 6.07) is 0.900. The topological polar surface area (TPSA) is 27.7 Å². The predicted molar refractivity (Wildman–Crippen MR) is 88.6 cm³/mol. The Balaban J connectivity index is 4.90. The van der Waals surface area contributed by atoms with Gasteiger partial charge in [0.1, 0.15) is 0 Å². The molecule has 3 nitrogen and oxygen atoms in total. The average Bonchev–Trinajstić information content (AvgIpc) is 2.30. The molecule has 0 saturated heterocycles. The first kappa shape index (κ1) is 18.8. The van der Waals surface area contributed by atoms with Gasteiger partial charge in [-0.15, -0.1) is 6.58 Å². The van der Waals surface area contributed by atoms with Crippen LogP contribution < -0.4 is 0 Å². The molecule has 0 spiro atoms. The lowest BCUT2D eigenvalue weighted by Gasteiger charge is -2.37. The Labute approximate surface area is 124 Å². The highest BCUT2D eigenvalue weighted by molar-refractivity contribution is 8.52. The quantitative estimate of drug-likeness (QED) is 0.264. The molecule has 0 aliphatic carbocycles. The summed E-state index contributed by atoms with van der Waals surface area (Å²) in [6.07, 6.45) is 3.88. The molecule has 0 heterocycles. The zero-order valence-corrected chi connectivity index (χ0v) is 15.4. The monoisotopic (exact) mass is 326 g/mol. The highest BCUT2D eigenvalue weighted by Crippen LogP contribution is 2.34. The van der Waals surface area contributed by atoms with Crippen molar-refractivity contribution < 1.29 is 13.3 Å². The second-order valence-corrected chi connectivity index (χ2v) is 20.5. The van der Waals surface area contributed by atoms with E-state index >= 15 is 0 Å². The molecule has 0 unspecified atom stereocenters. The maximum atomic E-state index is 5.88. The van der Waals surface area contributed by atoms with Crippen molar-refractivity contribution in [2.45, 2.75) is 39.7 Å². The minimum absolute atomic E-state index is 0.573. The SMILES string of the molecule is C=CCCC[Si](S)(S)[Si](OCC)(OCC)OCC. The van der Waals surface area contributed by atoms with Crippen LogP contribution in [0.15, 0.2) is 12.7 Å². The molecule has 0 aromatic heterocycles. The summed E-state index contributed by atoms with van der Waals surface area (Å²) in [6.45, 7) is 11.3. The van der Waals surface area contributed by atoms with Crippen molar-refractivity contribution in [2.75, 3.05) is 19.8 Å². The van der Waals surface area contributed by atoms with Crippen LogP contribution in [0, 0.1) is 0 Å². The van der Waals surface area contributed by atoms with E-state index in [9.17, 15) is 0 Å². The van der Waals surface area contributed by atoms with Crippen LogP contribution in [0.25, 0.3) is 0 Å². The Morgan fingerprint density at radius 3 is 1.78 bits per heavy atom. The summed E-state index contributed by atoms with van der Waals surface area (Å²) < 4.78 is 17.7. The molecule has 18 heavy (non-hydrogen) atoms. The van der Waals surface area contributed by atoms with E-state index < -0.39 is 14.2 Å². The van der Waals surface area contributed by atoms with E-state index in [1.807, 2.05) is 26.8 Å². The van der Waals surface area contributed by atoms with Gasteiger partial charge < -0.3 is 13.3 Å². The van der Waals surface area contributed by atoms with Crippen molar-refractivity contribution in [3.8, 4) is 0 Å². The number of hydrogen-bond acceptors (Lipinski definition) is 5. The number of rotatable bonds is 11. The van der Waals surface area contributed by atoms with Gasteiger partial charge in [-0.1, -0.05) is 12.5 Å². The lowest BCUT2D eigenvalue weighted by atomic mass is 10.3. The Kier molecular flexibility index (Phi) is 10.0. The molecule has 0 N–H and O–H groups in total. The molecule has 0 aromatic carbocycles. The minimum Gasteiger partial charge on any atom is -0.376 e. The predicted octanol–water partition coefficient (Wildman–Crippen LogP) is 3.38. The van der Waals surface area contributed by atoms with Crippen molar-refractivity contribution in [1.29, 1.82) is 0 Å². The van der Waals surface area contributed by atoms with Crippen LogP contribution in [-0.4, -0.2) is 34.0 Å². The summed E-state index contributed by atoms with van der Waals surface area (Å²) in [5, 5.41) is 0. The fraction of sp³-hybridized carbons (Fsp3) is 0.818. The molecule has 0 aliphatic rings. The van der Waals surface area contributed by atoms with Crippen molar-refractivity contribution in [2.24, 2.45) is 0 Å². The van der Waals surface area contributed by atoms with Crippen LogP contribution in [-0.2, 0) is 13.3 Å². The van der Waals surface area contributed by atoms with E-state index in [1.165, 1.54) is 0 Å². The second-order valence-electron chi connectivity index (χ2n) is 3.85. The van der Waals surface area contributed by atoms with Gasteiger partial charge in [-0.25, -0.2) is 0 Å². The van der Waals surface area contributed by atoms with E-state index in [0.717, 1.165) is 18.9 Å². The smallest absolute Gasteiger partial charge is 0.376 e. The number of hydrogen-bond donors (Lipinski definition) is 2. The lowest BCUT2D eigenvalue weighted by Crippen LogP contribution is -2.63. The van der Waals surface area contributed by atoms with Gasteiger partial charge in [-0.2, -0.15) is 24.2 Å². The molecule has 0 aromatic rings. The van der Waals surface area contributed by atoms with Crippen LogP contribution in [0.2, 0.25) is 6.04 Å². The van der Waals surface area contributed by atoms with Crippen molar-refractivity contribution in [3.63, 3.8) is 0 Å². The summed E-state index contributed by atoms with van der Waals surface area (Å²) in [7, 11) is -2.74. The Bertz CT molecular complexity index is 223. The van der Waals surface area contributed by atoms with Gasteiger partial charge in [0.15, 0.2) is 0 Å². The molecular formula is C11H26O3S2Si2. The molecule has 0 atom stereocenters. The van der Waals surface area contributed by atoms with Gasteiger partial charge in [-0.05, 0) is 33.2 Å². The van der Waals surface area contributed by atoms with Gasteiger partial charge in [0.2, 0.25) is 0 Å². The third-order valence-corrected chi connectivity index (χ3v) is 17.7. The first-order valence-corrected chi connectivity index (χ1v) is 14.0. The van der Waals surface area contributed by atoms with E-state index in [-0.39, 0.29) is 0 Å². The van der Waals surface area contributed by atoms with Gasteiger partial charge in [-0.3, -0.25) is 0 Å². The molecule has 0 aliphatic heterocycles. The molecule has 0 amide bonds.